The number of benzene rings is 2. The van der Waals surface area contributed by atoms with E-state index in [0.717, 1.165) is 25.0 Å². The van der Waals surface area contributed by atoms with Crippen molar-refractivity contribution < 1.29 is 9.53 Å². The van der Waals surface area contributed by atoms with Crippen molar-refractivity contribution in [2.45, 2.75) is 31.6 Å². The summed E-state index contributed by atoms with van der Waals surface area (Å²) in [4.78, 5) is 12.1. The van der Waals surface area contributed by atoms with E-state index in [2.05, 4.69) is 29.6 Å². The van der Waals surface area contributed by atoms with E-state index >= 15 is 0 Å². The summed E-state index contributed by atoms with van der Waals surface area (Å²) in [6, 6.07) is 18.2. The molecule has 0 spiro atoms. The molecule has 1 amide bonds. The van der Waals surface area contributed by atoms with Crippen LogP contribution in [0.5, 0.6) is 5.75 Å². The quantitative estimate of drug-likeness (QED) is 0.792. The third kappa shape index (κ3) is 4.35. The predicted molar refractivity (Wildman–Crippen MR) is 91.7 cm³/mol. The Morgan fingerprint density at radius 2 is 1.87 bits per heavy atom. The molecule has 0 radical (unpaired) electrons. The first-order chi connectivity index (χ1) is 11.3. The molecule has 0 aromatic heterocycles. The number of hydrogen-bond acceptors (Lipinski definition) is 2. The lowest BCUT2D eigenvalue weighted by Gasteiger charge is -2.12. The normalized spacial score (nSPS) is 15.9. The van der Waals surface area contributed by atoms with Gasteiger partial charge in [0.05, 0.1) is 6.61 Å². The molecule has 1 unspecified atom stereocenters. The molecule has 0 aliphatic heterocycles. The fourth-order valence-electron chi connectivity index (χ4n) is 3.16. The molecular weight excluding hydrogens is 286 g/mol. The maximum atomic E-state index is 12.1. The lowest BCUT2D eigenvalue weighted by atomic mass is 9.97. The van der Waals surface area contributed by atoms with Gasteiger partial charge in [0, 0.05) is 13.0 Å². The van der Waals surface area contributed by atoms with Crippen LogP contribution in [0.15, 0.2) is 54.6 Å². The van der Waals surface area contributed by atoms with Gasteiger partial charge in [-0.15, -0.1) is 0 Å². The number of hydrogen-bond donors (Lipinski definition) is 1. The fraction of sp³-hybridized carbons (Fsp3) is 0.350. The summed E-state index contributed by atoms with van der Waals surface area (Å²) in [6.07, 6.45) is 3.60. The van der Waals surface area contributed by atoms with Crippen molar-refractivity contribution >= 4 is 5.91 Å². The number of amides is 1. The number of carbonyl (C=O) groups excluding carboxylic acids is 1. The predicted octanol–water partition coefficient (Wildman–Crippen LogP) is 3.69. The summed E-state index contributed by atoms with van der Waals surface area (Å²) in [6.45, 7) is 1.29. The Labute approximate surface area is 137 Å². The summed E-state index contributed by atoms with van der Waals surface area (Å²) in [7, 11) is 0. The Balaban J connectivity index is 1.34. The monoisotopic (exact) mass is 309 g/mol. The first-order valence-corrected chi connectivity index (χ1v) is 8.35. The molecule has 3 nitrogen and oxygen atoms in total. The van der Waals surface area contributed by atoms with E-state index in [-0.39, 0.29) is 5.91 Å². The second kappa shape index (κ2) is 7.82. The fourth-order valence-corrected chi connectivity index (χ4v) is 3.16. The summed E-state index contributed by atoms with van der Waals surface area (Å²) < 4.78 is 5.62. The third-order valence-corrected chi connectivity index (χ3v) is 4.34. The van der Waals surface area contributed by atoms with Crippen LogP contribution in [0, 0.1) is 0 Å². The second-order valence-corrected chi connectivity index (χ2v) is 6.00. The van der Waals surface area contributed by atoms with Crippen LogP contribution < -0.4 is 10.1 Å². The highest BCUT2D eigenvalue weighted by molar-refractivity contribution is 5.77. The zero-order valence-electron chi connectivity index (χ0n) is 13.3. The van der Waals surface area contributed by atoms with E-state index < -0.39 is 0 Å². The molecule has 0 saturated heterocycles. The maximum absolute atomic E-state index is 12.1. The van der Waals surface area contributed by atoms with Crippen LogP contribution in [0.4, 0.5) is 0 Å². The van der Waals surface area contributed by atoms with Crippen LogP contribution in [-0.2, 0) is 11.2 Å². The van der Waals surface area contributed by atoms with Crippen molar-refractivity contribution in [2.24, 2.45) is 0 Å². The number of para-hydroxylation sites is 1. The summed E-state index contributed by atoms with van der Waals surface area (Å²) in [5.74, 6) is 1.40. The second-order valence-electron chi connectivity index (χ2n) is 6.00. The first-order valence-electron chi connectivity index (χ1n) is 8.35. The number of aryl methyl sites for hydroxylation is 1. The van der Waals surface area contributed by atoms with Gasteiger partial charge in [-0.25, -0.2) is 0 Å². The zero-order valence-corrected chi connectivity index (χ0v) is 13.3. The van der Waals surface area contributed by atoms with Crippen molar-refractivity contribution in [1.82, 2.24) is 5.32 Å². The minimum atomic E-state index is 0.145. The number of nitrogens with one attached hydrogen (secondary N) is 1. The van der Waals surface area contributed by atoms with E-state index in [0.29, 0.717) is 25.5 Å². The molecule has 0 saturated carbocycles. The minimum Gasteiger partial charge on any atom is -0.494 e. The molecule has 1 aliphatic carbocycles. The van der Waals surface area contributed by atoms with Crippen molar-refractivity contribution in [1.29, 1.82) is 0 Å². The lowest BCUT2D eigenvalue weighted by Crippen LogP contribution is -2.26. The van der Waals surface area contributed by atoms with Gasteiger partial charge in [-0.1, -0.05) is 42.5 Å². The van der Waals surface area contributed by atoms with E-state index in [4.69, 9.17) is 4.74 Å². The molecule has 0 heterocycles. The van der Waals surface area contributed by atoms with Gasteiger partial charge in [0.25, 0.3) is 0 Å². The highest BCUT2D eigenvalue weighted by atomic mass is 16.5. The highest BCUT2D eigenvalue weighted by Gasteiger charge is 2.23. The lowest BCUT2D eigenvalue weighted by molar-refractivity contribution is -0.121. The van der Waals surface area contributed by atoms with Gasteiger partial charge in [0.2, 0.25) is 5.91 Å². The van der Waals surface area contributed by atoms with Crippen LogP contribution >= 0.6 is 0 Å². The SMILES string of the molecule is O=C(CC1CCc2ccccc21)NCCCOc1ccccc1. The molecule has 2 aromatic rings. The van der Waals surface area contributed by atoms with Crippen molar-refractivity contribution in [3.05, 3.63) is 65.7 Å². The standard InChI is InChI=1S/C20H23NO2/c22-20(15-17-12-11-16-7-4-5-10-19(16)17)21-13-6-14-23-18-8-2-1-3-9-18/h1-5,7-10,17H,6,11-15H2,(H,21,22). The molecule has 0 fully saturated rings. The first kappa shape index (κ1) is 15.6. The Hall–Kier alpha value is -2.29. The van der Waals surface area contributed by atoms with Gasteiger partial charge in [0.15, 0.2) is 0 Å². The van der Waals surface area contributed by atoms with E-state index in [1.165, 1.54) is 11.1 Å². The largest absolute Gasteiger partial charge is 0.494 e. The topological polar surface area (TPSA) is 38.3 Å². The molecule has 0 bridgehead atoms. The number of carbonyl (C=O) groups is 1. The number of fused-ring (bicyclic) bond motifs is 1. The molecule has 1 atom stereocenters. The molecule has 2 aromatic carbocycles. The van der Waals surface area contributed by atoms with Crippen LogP contribution in [0.25, 0.3) is 0 Å². The number of ether oxygens (including phenoxy) is 1. The van der Waals surface area contributed by atoms with Crippen molar-refractivity contribution in [3.8, 4) is 5.75 Å². The molecule has 1 N–H and O–H groups in total. The molecule has 120 valence electrons. The Bertz CT molecular complexity index is 639. The van der Waals surface area contributed by atoms with Crippen molar-refractivity contribution in [3.63, 3.8) is 0 Å². The van der Waals surface area contributed by atoms with Gasteiger partial charge in [-0.2, -0.15) is 0 Å². The van der Waals surface area contributed by atoms with Crippen molar-refractivity contribution in [2.75, 3.05) is 13.2 Å². The molecule has 1 aliphatic rings. The smallest absolute Gasteiger partial charge is 0.220 e. The Morgan fingerprint density at radius 1 is 1.09 bits per heavy atom. The molecular formula is C20H23NO2. The zero-order chi connectivity index (χ0) is 15.9. The van der Waals surface area contributed by atoms with Crippen LogP contribution in [0.3, 0.4) is 0 Å². The van der Waals surface area contributed by atoms with Gasteiger partial charge < -0.3 is 10.1 Å². The van der Waals surface area contributed by atoms with Crippen LogP contribution in [-0.4, -0.2) is 19.1 Å². The summed E-state index contributed by atoms with van der Waals surface area (Å²) in [5, 5.41) is 3.01. The Morgan fingerprint density at radius 3 is 2.74 bits per heavy atom. The third-order valence-electron chi connectivity index (χ3n) is 4.34. The molecule has 3 rings (SSSR count). The molecule has 23 heavy (non-hydrogen) atoms. The van der Waals surface area contributed by atoms with E-state index in [9.17, 15) is 4.79 Å². The summed E-state index contributed by atoms with van der Waals surface area (Å²) in [5.41, 5.74) is 2.76. The van der Waals surface area contributed by atoms with Gasteiger partial charge in [-0.3, -0.25) is 4.79 Å². The van der Waals surface area contributed by atoms with Gasteiger partial charge in [-0.05, 0) is 48.4 Å². The molecule has 3 heteroatoms. The van der Waals surface area contributed by atoms with E-state index in [1.54, 1.807) is 0 Å². The average Bonchev–Trinajstić information content (AvgIpc) is 2.99. The van der Waals surface area contributed by atoms with E-state index in [1.807, 2.05) is 30.3 Å². The van der Waals surface area contributed by atoms with Gasteiger partial charge >= 0.3 is 0 Å². The van der Waals surface area contributed by atoms with Crippen LogP contribution in [0.2, 0.25) is 0 Å². The number of rotatable bonds is 7. The summed E-state index contributed by atoms with van der Waals surface area (Å²) >= 11 is 0. The van der Waals surface area contributed by atoms with Gasteiger partial charge in [0.1, 0.15) is 5.75 Å². The highest BCUT2D eigenvalue weighted by Crippen LogP contribution is 2.34. The Kier molecular flexibility index (Phi) is 5.30. The average molecular weight is 309 g/mol. The van der Waals surface area contributed by atoms with Crippen LogP contribution in [0.1, 0.15) is 36.3 Å². The maximum Gasteiger partial charge on any atom is 0.220 e. The minimum absolute atomic E-state index is 0.145.